The number of hydrogen-bond acceptors (Lipinski definition) is 4. The number of hydrogen-bond donors (Lipinski definition) is 2. The Labute approximate surface area is 167 Å². The van der Waals surface area contributed by atoms with E-state index < -0.39 is 34.4 Å². The number of unbranched alkanes of at least 4 members (excludes halogenated alkanes) is 3. The van der Waals surface area contributed by atoms with E-state index in [2.05, 4.69) is 4.98 Å². The Morgan fingerprint density at radius 2 is 1.83 bits per heavy atom. The number of aromatic nitrogens is 2. The summed E-state index contributed by atoms with van der Waals surface area (Å²) in [6.07, 6.45) is 3.54. The second-order valence-electron chi connectivity index (χ2n) is 6.76. The van der Waals surface area contributed by atoms with Gasteiger partial charge >= 0.3 is 5.69 Å². The molecule has 0 aliphatic rings. The Balaban J connectivity index is 2.61. The second-order valence-corrected chi connectivity index (χ2v) is 6.76. The van der Waals surface area contributed by atoms with Crippen LogP contribution in [-0.4, -0.2) is 22.0 Å². The molecule has 2 aromatic rings. The average molecular weight is 408 g/mol. The molecule has 3 N–H and O–H groups in total. The van der Waals surface area contributed by atoms with Crippen molar-refractivity contribution in [1.82, 2.24) is 9.55 Å². The zero-order valence-electron chi connectivity index (χ0n) is 16.6. The van der Waals surface area contributed by atoms with Gasteiger partial charge in [0.25, 0.3) is 11.5 Å². The van der Waals surface area contributed by atoms with Gasteiger partial charge in [0, 0.05) is 13.1 Å². The highest BCUT2D eigenvalue weighted by Crippen LogP contribution is 2.22. The summed E-state index contributed by atoms with van der Waals surface area (Å²) in [5.74, 6) is -3.53. The summed E-state index contributed by atoms with van der Waals surface area (Å²) in [6, 6.07) is 3.26. The number of carbonyl (C=O) groups is 1. The molecule has 0 radical (unpaired) electrons. The number of benzene rings is 1. The van der Waals surface area contributed by atoms with Crippen LogP contribution in [0.4, 0.5) is 20.3 Å². The molecule has 0 saturated carbocycles. The maximum atomic E-state index is 14.2. The molecule has 2 rings (SSSR count). The van der Waals surface area contributed by atoms with E-state index in [-0.39, 0.29) is 24.6 Å². The molecule has 0 unspecified atom stereocenters. The number of rotatable bonds is 9. The number of carbonyl (C=O) groups excluding carboxylic acids is 1. The number of nitrogens with one attached hydrogen (secondary N) is 1. The Hall–Kier alpha value is -2.97. The van der Waals surface area contributed by atoms with Gasteiger partial charge in [0.05, 0.1) is 5.56 Å². The van der Waals surface area contributed by atoms with Crippen molar-refractivity contribution < 1.29 is 13.6 Å². The van der Waals surface area contributed by atoms with Gasteiger partial charge in [-0.3, -0.25) is 19.1 Å². The van der Waals surface area contributed by atoms with Gasteiger partial charge in [0.2, 0.25) is 0 Å². The molecule has 1 amide bonds. The minimum Gasteiger partial charge on any atom is -0.383 e. The Kier molecular flexibility index (Phi) is 7.69. The molecule has 0 fully saturated rings. The van der Waals surface area contributed by atoms with Gasteiger partial charge in [-0.15, -0.1) is 0 Å². The van der Waals surface area contributed by atoms with Crippen molar-refractivity contribution in [2.75, 3.05) is 17.2 Å². The number of nitrogens with two attached hydrogens (primary N) is 1. The lowest BCUT2D eigenvalue weighted by Crippen LogP contribution is -2.42. The summed E-state index contributed by atoms with van der Waals surface area (Å²) in [6.45, 7) is 4.23. The molecule has 1 aromatic carbocycles. The Morgan fingerprint density at radius 3 is 2.48 bits per heavy atom. The highest BCUT2D eigenvalue weighted by molar-refractivity contribution is 6.07. The number of H-pyrrole nitrogens is 1. The van der Waals surface area contributed by atoms with Gasteiger partial charge in [-0.2, -0.15) is 0 Å². The predicted molar refractivity (Wildman–Crippen MR) is 108 cm³/mol. The largest absolute Gasteiger partial charge is 0.383 e. The van der Waals surface area contributed by atoms with Crippen molar-refractivity contribution in [3.05, 3.63) is 56.2 Å². The topological polar surface area (TPSA) is 101 Å². The predicted octanol–water partition coefficient (Wildman–Crippen LogP) is 3.03. The maximum absolute atomic E-state index is 14.2. The number of nitrogens with zero attached hydrogens (tertiary/aromatic N) is 2. The highest BCUT2D eigenvalue weighted by atomic mass is 19.2. The molecule has 29 heavy (non-hydrogen) atoms. The van der Waals surface area contributed by atoms with E-state index in [9.17, 15) is 23.2 Å². The van der Waals surface area contributed by atoms with Gasteiger partial charge in [0.1, 0.15) is 5.82 Å². The van der Waals surface area contributed by atoms with Crippen LogP contribution in [0.5, 0.6) is 0 Å². The number of nitrogen functional groups attached to an aromatic ring is 1. The molecule has 0 aliphatic carbocycles. The third kappa shape index (κ3) is 4.90. The fourth-order valence-electron chi connectivity index (χ4n) is 3.03. The monoisotopic (exact) mass is 408 g/mol. The van der Waals surface area contributed by atoms with Crippen LogP contribution >= 0.6 is 0 Å². The van der Waals surface area contributed by atoms with Gasteiger partial charge in [-0.1, -0.05) is 39.2 Å². The van der Waals surface area contributed by atoms with Crippen LogP contribution < -0.4 is 21.9 Å². The Bertz CT molecular complexity index is 985. The first-order chi connectivity index (χ1) is 13.8. The lowest BCUT2D eigenvalue weighted by molar-refractivity contribution is 0.0981. The fraction of sp³-hybridized carbons (Fsp3) is 0.450. The van der Waals surface area contributed by atoms with Gasteiger partial charge < -0.3 is 10.6 Å². The Morgan fingerprint density at radius 1 is 1.14 bits per heavy atom. The molecule has 0 atom stereocenters. The van der Waals surface area contributed by atoms with Crippen LogP contribution in [0.2, 0.25) is 0 Å². The number of aromatic amines is 1. The highest BCUT2D eigenvalue weighted by Gasteiger charge is 2.27. The van der Waals surface area contributed by atoms with E-state index in [0.717, 1.165) is 36.3 Å². The van der Waals surface area contributed by atoms with Crippen molar-refractivity contribution >= 4 is 17.4 Å². The van der Waals surface area contributed by atoms with E-state index in [1.54, 1.807) is 0 Å². The van der Waals surface area contributed by atoms with Gasteiger partial charge in [0.15, 0.2) is 17.3 Å². The summed E-state index contributed by atoms with van der Waals surface area (Å²) >= 11 is 0. The minimum absolute atomic E-state index is 0.0713. The lowest BCUT2D eigenvalue weighted by Gasteiger charge is -2.25. The van der Waals surface area contributed by atoms with Gasteiger partial charge in [-0.25, -0.2) is 13.6 Å². The molecular formula is C20H26F2N4O3. The first kappa shape index (κ1) is 22.3. The molecule has 0 spiro atoms. The van der Waals surface area contributed by atoms with Crippen molar-refractivity contribution in [3.8, 4) is 0 Å². The van der Waals surface area contributed by atoms with Crippen LogP contribution in [0, 0.1) is 11.6 Å². The van der Waals surface area contributed by atoms with Crippen LogP contribution in [0.25, 0.3) is 0 Å². The smallest absolute Gasteiger partial charge is 0.330 e. The first-order valence-corrected chi connectivity index (χ1v) is 9.71. The van der Waals surface area contributed by atoms with Crippen molar-refractivity contribution in [2.24, 2.45) is 0 Å². The quantitative estimate of drug-likeness (QED) is 0.623. The zero-order valence-corrected chi connectivity index (χ0v) is 16.6. The van der Waals surface area contributed by atoms with Crippen molar-refractivity contribution in [1.29, 1.82) is 0 Å². The molecular weight excluding hydrogens is 382 g/mol. The average Bonchev–Trinajstić information content (AvgIpc) is 2.68. The van der Waals surface area contributed by atoms with Crippen molar-refractivity contribution in [3.63, 3.8) is 0 Å². The molecule has 7 nitrogen and oxygen atoms in total. The summed E-state index contributed by atoms with van der Waals surface area (Å²) in [5.41, 5.74) is 3.83. The third-order valence-electron chi connectivity index (χ3n) is 4.63. The van der Waals surface area contributed by atoms with Crippen LogP contribution in [-0.2, 0) is 6.54 Å². The third-order valence-corrected chi connectivity index (χ3v) is 4.63. The summed E-state index contributed by atoms with van der Waals surface area (Å²) < 4.78 is 29.1. The molecule has 0 aliphatic heterocycles. The summed E-state index contributed by atoms with van der Waals surface area (Å²) in [7, 11) is 0. The fourth-order valence-corrected chi connectivity index (χ4v) is 3.03. The second kappa shape index (κ2) is 9.99. The molecule has 0 bridgehead atoms. The maximum Gasteiger partial charge on any atom is 0.330 e. The lowest BCUT2D eigenvalue weighted by atomic mass is 10.1. The van der Waals surface area contributed by atoms with Crippen molar-refractivity contribution in [2.45, 2.75) is 52.5 Å². The number of amides is 1. The minimum atomic E-state index is -1.30. The number of anilines is 2. The number of halogens is 2. The van der Waals surface area contributed by atoms with Crippen LogP contribution in [0.1, 0.15) is 56.3 Å². The summed E-state index contributed by atoms with van der Waals surface area (Å²) in [5, 5.41) is 0. The normalized spacial score (nSPS) is 10.9. The zero-order chi connectivity index (χ0) is 21.6. The van der Waals surface area contributed by atoms with Crippen LogP contribution in [0.3, 0.4) is 0 Å². The van der Waals surface area contributed by atoms with E-state index in [1.165, 1.54) is 10.6 Å². The van der Waals surface area contributed by atoms with Gasteiger partial charge in [-0.05, 0) is 25.0 Å². The van der Waals surface area contributed by atoms with E-state index >= 15 is 0 Å². The standard InChI is InChI=1S/C20H26F2N4O3/c1-3-5-7-12-25(19(28)13-9-8-10-14(21)15(13)22)16-17(23)26(11-6-4-2)20(29)24-18(16)27/h8-10H,3-7,11-12,23H2,1-2H3,(H,24,27,29). The first-order valence-electron chi connectivity index (χ1n) is 9.71. The van der Waals surface area contributed by atoms with E-state index in [1.807, 2.05) is 13.8 Å². The molecule has 0 saturated heterocycles. The van der Waals surface area contributed by atoms with Crippen LogP contribution in [0.15, 0.2) is 27.8 Å². The van der Waals surface area contributed by atoms with E-state index in [4.69, 9.17) is 5.73 Å². The molecule has 158 valence electrons. The molecule has 9 heteroatoms. The SMILES string of the molecule is CCCCCN(C(=O)c1cccc(F)c1F)c1c(N)n(CCCC)c(=O)[nH]c1=O. The molecule has 1 heterocycles. The molecule has 1 aromatic heterocycles. The summed E-state index contributed by atoms with van der Waals surface area (Å²) in [4.78, 5) is 40.9. The van der Waals surface area contributed by atoms with E-state index in [0.29, 0.717) is 12.8 Å².